The summed E-state index contributed by atoms with van der Waals surface area (Å²) in [6.45, 7) is 5.47. The molecule has 3 unspecified atom stereocenters. The van der Waals surface area contributed by atoms with Crippen molar-refractivity contribution >= 4 is 5.97 Å². The average molecular weight is 967 g/mol. The Kier molecular flexibility index (Phi) is 15.0. The lowest BCUT2D eigenvalue weighted by Gasteiger charge is -2.64. The zero-order chi connectivity index (χ0) is 48.7. The van der Waals surface area contributed by atoms with Crippen LogP contribution in [0, 0.1) is 28.1 Å². The summed E-state index contributed by atoms with van der Waals surface area (Å²) >= 11 is 0. The van der Waals surface area contributed by atoms with Crippen LogP contribution in [0.25, 0.3) is 0 Å². The number of rotatable bonds is 12. The van der Waals surface area contributed by atoms with Gasteiger partial charge in [-0.3, -0.25) is 4.79 Å². The number of aliphatic hydroxyl groups excluding tert-OH is 14. The molecule has 14 N–H and O–H groups in total. The van der Waals surface area contributed by atoms with Crippen molar-refractivity contribution in [2.24, 2.45) is 28.1 Å². The summed E-state index contributed by atoms with van der Waals surface area (Å²) in [5, 5.41) is 147. The fourth-order valence-electron chi connectivity index (χ4n) is 13.5. The Morgan fingerprint density at radius 1 is 0.567 bits per heavy atom. The van der Waals surface area contributed by atoms with Gasteiger partial charge in [-0.25, -0.2) is 0 Å². The highest BCUT2D eigenvalue weighted by molar-refractivity contribution is 5.77. The molecule has 0 aromatic rings. The van der Waals surface area contributed by atoms with E-state index in [1.807, 2.05) is 6.92 Å². The van der Waals surface area contributed by atoms with E-state index in [0.717, 1.165) is 12.0 Å². The van der Waals surface area contributed by atoms with Crippen molar-refractivity contribution in [1.29, 1.82) is 0 Å². The highest BCUT2D eigenvalue weighted by Gasteiger charge is 2.69. The average Bonchev–Trinajstić information content (AvgIpc) is 3.50. The molecule has 4 aliphatic heterocycles. The van der Waals surface area contributed by atoms with E-state index in [-0.39, 0.29) is 17.3 Å². The summed E-state index contributed by atoms with van der Waals surface area (Å²) in [7, 11) is 0. The number of hydrogen-bond acceptors (Lipinski definition) is 23. The van der Waals surface area contributed by atoms with Gasteiger partial charge in [0, 0.05) is 0 Å². The molecule has 4 saturated heterocycles. The summed E-state index contributed by atoms with van der Waals surface area (Å²) in [6, 6.07) is 0. The van der Waals surface area contributed by atoms with Gasteiger partial charge in [-0.05, 0) is 86.5 Å². The largest absolute Gasteiger partial charge is 0.432 e. The second-order valence-corrected chi connectivity index (χ2v) is 20.8. The van der Waals surface area contributed by atoms with Gasteiger partial charge in [-0.2, -0.15) is 0 Å². The Hall–Kier alpha value is -1.63. The third-order valence-electron chi connectivity index (χ3n) is 17.1. The number of hydrogen-bond donors (Lipinski definition) is 14. The van der Waals surface area contributed by atoms with Gasteiger partial charge in [0.15, 0.2) is 18.9 Å². The first kappa shape index (κ1) is 51.7. The van der Waals surface area contributed by atoms with Crippen molar-refractivity contribution in [1.82, 2.24) is 0 Å². The second-order valence-electron chi connectivity index (χ2n) is 20.8. The third-order valence-corrected chi connectivity index (χ3v) is 17.1. The van der Waals surface area contributed by atoms with E-state index in [9.17, 15) is 76.3 Å². The van der Waals surface area contributed by atoms with Crippen LogP contribution in [0.3, 0.4) is 0 Å². The molecule has 8 aliphatic rings. The van der Waals surface area contributed by atoms with Gasteiger partial charge in [0.25, 0.3) is 0 Å². The molecular formula is C44H70O23. The number of fused-ring (bicyclic) bond motifs is 3. The first-order valence-corrected chi connectivity index (χ1v) is 23.4. The van der Waals surface area contributed by atoms with E-state index < -0.39 is 172 Å². The minimum absolute atomic E-state index is 0.0370. The Bertz CT molecular complexity index is 1760. The maximum Gasteiger partial charge on any atom is 0.314 e. The van der Waals surface area contributed by atoms with Crippen LogP contribution in [0.2, 0.25) is 0 Å². The van der Waals surface area contributed by atoms with Gasteiger partial charge in [0.1, 0.15) is 97.7 Å². The summed E-state index contributed by atoms with van der Waals surface area (Å²) < 4.78 is 47.2. The Balaban J connectivity index is 0.985. The quantitative estimate of drug-likeness (QED) is 0.0494. The maximum absolute atomic E-state index is 14.6. The predicted molar refractivity (Wildman–Crippen MR) is 219 cm³/mol. The lowest BCUT2D eigenvalue weighted by Crippen LogP contribution is -2.66. The zero-order valence-corrected chi connectivity index (χ0v) is 37.5. The van der Waals surface area contributed by atoms with E-state index in [1.165, 1.54) is 0 Å². The number of esters is 1. The minimum atomic E-state index is -1.90. The molecule has 4 saturated carbocycles. The third kappa shape index (κ3) is 8.63. The second kappa shape index (κ2) is 19.4. The lowest BCUT2D eigenvalue weighted by molar-refractivity contribution is -0.378. The molecule has 8 fully saturated rings. The van der Waals surface area contributed by atoms with Crippen molar-refractivity contribution in [3.8, 4) is 0 Å². The SMILES string of the molecule is C=C1C[C@]23CCC4[C@](C)(CCC[C@@]4(C)C(=O)O[C@H]4O[C@@H](CO)[C@H](O)[C@@H](OC5O[C@H](CO)[C@@H](O)[C@H](O)[C@H]5O)[C@@H]4O)C2CC[C@@]1(O[C@H]1O[C@@H](CO)[C@H](O)[C@@H](O)[C@@H]1O[C@H]1O[C@@H](CO)[C@H](O)[C@@H](O)[C@@H]1O)C3. The molecule has 23 heteroatoms. The van der Waals surface area contributed by atoms with Crippen molar-refractivity contribution in [3.05, 3.63) is 12.2 Å². The molecule has 384 valence electrons. The fraction of sp³-hybridized carbons (Fsp3) is 0.932. The molecule has 2 bridgehead atoms. The van der Waals surface area contributed by atoms with Gasteiger partial charge < -0.3 is 109 Å². The highest BCUT2D eigenvalue weighted by Crippen LogP contribution is 2.73. The minimum Gasteiger partial charge on any atom is -0.432 e. The maximum atomic E-state index is 14.6. The predicted octanol–water partition coefficient (Wildman–Crippen LogP) is -5.11. The van der Waals surface area contributed by atoms with E-state index in [1.54, 1.807) is 0 Å². The molecule has 0 radical (unpaired) electrons. The Labute approximate surface area is 386 Å². The van der Waals surface area contributed by atoms with E-state index >= 15 is 0 Å². The van der Waals surface area contributed by atoms with Crippen LogP contribution < -0.4 is 0 Å². The van der Waals surface area contributed by atoms with Crippen LogP contribution in [-0.2, 0) is 42.7 Å². The molecule has 0 aromatic carbocycles. The van der Waals surface area contributed by atoms with Crippen molar-refractivity contribution in [2.45, 2.75) is 200 Å². The smallest absolute Gasteiger partial charge is 0.314 e. The summed E-state index contributed by atoms with van der Waals surface area (Å²) in [5.41, 5.74) is -2.23. The fourth-order valence-corrected chi connectivity index (χ4v) is 13.5. The van der Waals surface area contributed by atoms with Crippen molar-refractivity contribution in [3.63, 3.8) is 0 Å². The van der Waals surface area contributed by atoms with Gasteiger partial charge in [-0.15, -0.1) is 0 Å². The molecule has 26 atom stereocenters. The van der Waals surface area contributed by atoms with E-state index in [0.29, 0.717) is 51.4 Å². The molecule has 8 rings (SSSR count). The molecule has 67 heavy (non-hydrogen) atoms. The Morgan fingerprint density at radius 2 is 1.06 bits per heavy atom. The van der Waals surface area contributed by atoms with Crippen LogP contribution in [-0.4, -0.2) is 232 Å². The van der Waals surface area contributed by atoms with Crippen LogP contribution >= 0.6 is 0 Å². The van der Waals surface area contributed by atoms with Crippen LogP contribution in [0.5, 0.6) is 0 Å². The number of aliphatic hydroxyl groups is 14. The van der Waals surface area contributed by atoms with E-state index in [4.69, 9.17) is 37.9 Å². The van der Waals surface area contributed by atoms with Crippen molar-refractivity contribution < 1.29 is 114 Å². The highest BCUT2D eigenvalue weighted by atomic mass is 16.8. The standard InChI is InChI=1S/C44H70O23/c1-17-11-43-9-5-22-41(2,7-4-8-42(22,3)40(59)66-38-33(58)34(27(52)21(15-48)62-38)64-36-31(56)28(53)24(49)18(12-45)60-36)23(43)6-10-44(17,16-43)67-39-35(30(55)26(51)20(14-47)63-39)65-37-32(57)29(54)25(50)19(13-46)61-37/h18-39,45-58H,1,4-16H2,2-3H3/t18-,19+,20+,21+,22?,23?,24-,25+,26+,27+,28+,29-,30-,31-,32+,33+,34-,35+,36?,37-,38-,39-,41+,42-,43+,44-/m1/s1. The molecule has 0 aromatic heterocycles. The molecule has 4 heterocycles. The molecule has 4 aliphatic carbocycles. The van der Waals surface area contributed by atoms with Crippen molar-refractivity contribution in [2.75, 3.05) is 26.4 Å². The molecular weight excluding hydrogens is 896 g/mol. The summed E-state index contributed by atoms with van der Waals surface area (Å²) in [5.74, 6) is -0.887. The van der Waals surface area contributed by atoms with Gasteiger partial charge >= 0.3 is 5.97 Å². The topological polar surface area (TPSA) is 374 Å². The van der Waals surface area contributed by atoms with Crippen LogP contribution in [0.1, 0.15) is 71.6 Å². The number of carbonyl (C=O) groups is 1. The van der Waals surface area contributed by atoms with Gasteiger partial charge in [0.05, 0.1) is 37.4 Å². The molecule has 1 spiro atoms. The molecule has 0 amide bonds. The number of carbonyl (C=O) groups excluding carboxylic acids is 1. The summed E-state index contributed by atoms with van der Waals surface area (Å²) in [4.78, 5) is 14.6. The van der Waals surface area contributed by atoms with Gasteiger partial charge in [0.2, 0.25) is 6.29 Å². The van der Waals surface area contributed by atoms with Crippen LogP contribution in [0.4, 0.5) is 0 Å². The Morgan fingerprint density at radius 3 is 1.63 bits per heavy atom. The first-order chi connectivity index (χ1) is 31.6. The zero-order valence-electron chi connectivity index (χ0n) is 37.5. The van der Waals surface area contributed by atoms with Crippen LogP contribution in [0.15, 0.2) is 12.2 Å². The number of ether oxygens (including phenoxy) is 8. The molecule has 23 nitrogen and oxygen atoms in total. The summed E-state index contributed by atoms with van der Waals surface area (Å²) in [6.07, 6.45) is -28.2. The normalized spacial score (nSPS) is 54.5. The monoisotopic (exact) mass is 966 g/mol. The van der Waals surface area contributed by atoms with E-state index in [2.05, 4.69) is 13.5 Å². The first-order valence-electron chi connectivity index (χ1n) is 23.4. The van der Waals surface area contributed by atoms with Gasteiger partial charge in [-0.1, -0.05) is 19.9 Å². The lowest BCUT2D eigenvalue weighted by atomic mass is 9.41.